The van der Waals surface area contributed by atoms with Crippen LogP contribution in [0.5, 0.6) is 0 Å². The van der Waals surface area contributed by atoms with Crippen LogP contribution < -0.4 is 0 Å². The van der Waals surface area contributed by atoms with Gasteiger partial charge in [0.1, 0.15) is 12.9 Å². The number of rotatable bonds is 3. The highest BCUT2D eigenvalue weighted by atomic mass is 16.2. The van der Waals surface area contributed by atoms with E-state index in [0.29, 0.717) is 13.1 Å². The van der Waals surface area contributed by atoms with Crippen molar-refractivity contribution in [3.05, 3.63) is 18.7 Å². The smallest absolute Gasteiger partial charge is 0.244 e. The normalized spacial score (nSPS) is 15.9. The third kappa shape index (κ3) is 1.86. The van der Waals surface area contributed by atoms with Crippen LogP contribution in [0.2, 0.25) is 0 Å². The first-order valence-corrected chi connectivity index (χ1v) is 5.17. The molecule has 0 unspecified atom stereocenters. The summed E-state index contributed by atoms with van der Waals surface area (Å²) in [5, 5.41) is 18.2. The lowest BCUT2D eigenvalue weighted by Gasteiger charge is -2.38. The van der Waals surface area contributed by atoms with E-state index in [0.717, 1.165) is 0 Å². The van der Waals surface area contributed by atoms with Crippen molar-refractivity contribution in [2.75, 3.05) is 13.1 Å². The van der Waals surface area contributed by atoms with E-state index in [1.165, 1.54) is 11.0 Å². The molecule has 3 heterocycles. The maximum atomic E-state index is 11.8. The van der Waals surface area contributed by atoms with Crippen LogP contribution >= 0.6 is 0 Å². The maximum absolute atomic E-state index is 11.8. The van der Waals surface area contributed by atoms with Crippen molar-refractivity contribution in [2.24, 2.45) is 0 Å². The van der Waals surface area contributed by atoms with Crippen molar-refractivity contribution in [3.8, 4) is 0 Å². The van der Waals surface area contributed by atoms with Crippen molar-refractivity contribution in [1.29, 1.82) is 0 Å². The van der Waals surface area contributed by atoms with E-state index >= 15 is 0 Å². The average Bonchev–Trinajstić information content (AvgIpc) is 2.87. The predicted octanol–water partition coefficient (Wildman–Crippen LogP) is -1.65. The molecule has 0 spiro atoms. The quantitative estimate of drug-likeness (QED) is 0.631. The maximum Gasteiger partial charge on any atom is 0.244 e. The molecule has 2 aromatic rings. The topological polar surface area (TPSA) is 94.6 Å². The van der Waals surface area contributed by atoms with E-state index in [1.807, 2.05) is 0 Å². The van der Waals surface area contributed by atoms with Gasteiger partial charge in [-0.2, -0.15) is 0 Å². The Kier molecular flexibility index (Phi) is 2.28. The van der Waals surface area contributed by atoms with Crippen molar-refractivity contribution in [1.82, 2.24) is 40.1 Å². The van der Waals surface area contributed by atoms with Crippen LogP contribution in [0.1, 0.15) is 6.04 Å². The molecule has 0 aromatic carbocycles. The van der Waals surface area contributed by atoms with Crippen LogP contribution in [0.3, 0.4) is 0 Å². The predicted molar refractivity (Wildman–Crippen MR) is 53.5 cm³/mol. The highest BCUT2D eigenvalue weighted by Gasteiger charge is 2.32. The number of tetrazole rings is 1. The third-order valence-corrected chi connectivity index (χ3v) is 2.72. The van der Waals surface area contributed by atoms with Crippen LogP contribution in [-0.2, 0) is 11.3 Å². The van der Waals surface area contributed by atoms with Gasteiger partial charge in [-0.25, -0.2) is 9.36 Å². The van der Waals surface area contributed by atoms with Gasteiger partial charge in [-0.05, 0) is 10.4 Å². The second kappa shape index (κ2) is 3.92. The Morgan fingerprint density at radius 2 is 2.18 bits per heavy atom. The molecule has 9 nitrogen and oxygen atoms in total. The van der Waals surface area contributed by atoms with Gasteiger partial charge in [0.25, 0.3) is 0 Å². The molecule has 3 rings (SSSR count). The largest absolute Gasteiger partial charge is 0.337 e. The minimum absolute atomic E-state index is 0.00802. The second-order valence-corrected chi connectivity index (χ2v) is 3.84. The Bertz CT molecular complexity index is 486. The molecule has 2 aromatic heterocycles. The van der Waals surface area contributed by atoms with Gasteiger partial charge < -0.3 is 4.90 Å². The molecule has 1 saturated heterocycles. The zero-order chi connectivity index (χ0) is 11.7. The summed E-state index contributed by atoms with van der Waals surface area (Å²) in [6, 6.07) is 0.232. The van der Waals surface area contributed by atoms with Gasteiger partial charge >= 0.3 is 0 Å². The van der Waals surface area contributed by atoms with Crippen molar-refractivity contribution in [2.45, 2.75) is 12.6 Å². The monoisotopic (exact) mass is 234 g/mol. The SMILES string of the molecule is O=C(Cn1cnnn1)N1CC(n2ccnn2)C1. The first-order valence-electron chi connectivity index (χ1n) is 5.17. The van der Waals surface area contributed by atoms with Crippen LogP contribution in [0.4, 0.5) is 0 Å². The number of nitrogens with zero attached hydrogens (tertiary/aromatic N) is 8. The standard InChI is InChI=1S/C8H10N8O/c17-8(5-15-6-10-11-13-15)14-3-7(4-14)16-2-1-9-12-16/h1-2,6-7H,3-5H2. The molecule has 9 heteroatoms. The average molecular weight is 234 g/mol. The zero-order valence-electron chi connectivity index (χ0n) is 8.92. The molecule has 88 valence electrons. The molecule has 1 amide bonds. The van der Waals surface area contributed by atoms with E-state index in [2.05, 4.69) is 25.8 Å². The van der Waals surface area contributed by atoms with Gasteiger partial charge in [0.2, 0.25) is 5.91 Å². The lowest BCUT2D eigenvalue weighted by Crippen LogP contribution is -2.51. The van der Waals surface area contributed by atoms with Gasteiger partial charge in [0.05, 0.1) is 12.2 Å². The molecule has 0 radical (unpaired) electrons. The molecule has 0 atom stereocenters. The Hall–Kier alpha value is -2.32. The molecule has 0 N–H and O–H groups in total. The Morgan fingerprint density at radius 1 is 1.29 bits per heavy atom. The highest BCUT2D eigenvalue weighted by molar-refractivity contribution is 5.76. The summed E-state index contributed by atoms with van der Waals surface area (Å²) in [5.41, 5.74) is 0. The van der Waals surface area contributed by atoms with Crippen LogP contribution in [-0.4, -0.2) is 59.1 Å². The van der Waals surface area contributed by atoms with Crippen LogP contribution in [0, 0.1) is 0 Å². The molecule has 0 aliphatic carbocycles. The van der Waals surface area contributed by atoms with Crippen molar-refractivity contribution < 1.29 is 4.79 Å². The van der Waals surface area contributed by atoms with Crippen LogP contribution in [0.25, 0.3) is 0 Å². The zero-order valence-corrected chi connectivity index (χ0v) is 8.92. The summed E-state index contributed by atoms with van der Waals surface area (Å²) in [6.45, 7) is 1.49. The third-order valence-electron chi connectivity index (χ3n) is 2.72. The second-order valence-electron chi connectivity index (χ2n) is 3.84. The van der Waals surface area contributed by atoms with Gasteiger partial charge in [0.15, 0.2) is 0 Å². The van der Waals surface area contributed by atoms with E-state index in [1.54, 1.807) is 22.0 Å². The molecule has 0 saturated carbocycles. The first kappa shape index (κ1) is 9.87. The minimum atomic E-state index is 0.00802. The van der Waals surface area contributed by atoms with E-state index in [-0.39, 0.29) is 18.5 Å². The fraction of sp³-hybridized carbons (Fsp3) is 0.500. The summed E-state index contributed by atoms with van der Waals surface area (Å²) in [6.07, 6.45) is 4.85. The van der Waals surface area contributed by atoms with Gasteiger partial charge in [-0.3, -0.25) is 4.79 Å². The number of likely N-dealkylation sites (tertiary alicyclic amines) is 1. The van der Waals surface area contributed by atoms with Crippen molar-refractivity contribution in [3.63, 3.8) is 0 Å². The summed E-state index contributed by atoms with van der Waals surface area (Å²) < 4.78 is 3.17. The Labute approximate surface area is 96.0 Å². The molecule has 1 aliphatic heterocycles. The fourth-order valence-electron chi connectivity index (χ4n) is 1.73. The van der Waals surface area contributed by atoms with Gasteiger partial charge in [-0.15, -0.1) is 10.2 Å². The summed E-state index contributed by atoms with van der Waals surface area (Å²) in [7, 11) is 0. The lowest BCUT2D eigenvalue weighted by molar-refractivity contribution is -0.138. The number of hydrogen-bond acceptors (Lipinski definition) is 6. The van der Waals surface area contributed by atoms with Gasteiger partial charge in [-0.1, -0.05) is 5.21 Å². The number of hydrogen-bond donors (Lipinski definition) is 0. The van der Waals surface area contributed by atoms with E-state index in [9.17, 15) is 4.79 Å². The molecular weight excluding hydrogens is 224 g/mol. The Balaban J connectivity index is 1.54. The number of carbonyl (C=O) groups is 1. The molecule has 17 heavy (non-hydrogen) atoms. The first-order chi connectivity index (χ1) is 8.33. The lowest BCUT2D eigenvalue weighted by atomic mass is 10.1. The summed E-state index contributed by atoms with van der Waals surface area (Å²) in [4.78, 5) is 13.5. The minimum Gasteiger partial charge on any atom is -0.337 e. The summed E-state index contributed by atoms with van der Waals surface area (Å²) in [5.74, 6) is 0.00802. The van der Waals surface area contributed by atoms with Crippen LogP contribution in [0.15, 0.2) is 18.7 Å². The van der Waals surface area contributed by atoms with Crippen molar-refractivity contribution >= 4 is 5.91 Å². The van der Waals surface area contributed by atoms with E-state index < -0.39 is 0 Å². The number of carbonyl (C=O) groups excluding carboxylic acids is 1. The van der Waals surface area contributed by atoms with Gasteiger partial charge in [0, 0.05) is 19.3 Å². The summed E-state index contributed by atoms with van der Waals surface area (Å²) >= 11 is 0. The highest BCUT2D eigenvalue weighted by Crippen LogP contribution is 2.19. The van der Waals surface area contributed by atoms with E-state index in [4.69, 9.17) is 0 Å². The Morgan fingerprint density at radius 3 is 2.82 bits per heavy atom. The molecule has 1 fully saturated rings. The fourth-order valence-corrected chi connectivity index (χ4v) is 1.73. The molecule has 0 bridgehead atoms. The molecular formula is C8H10N8O. The number of amides is 1. The molecule has 1 aliphatic rings. The number of aromatic nitrogens is 7.